The van der Waals surface area contributed by atoms with Crippen LogP contribution < -0.4 is 4.74 Å². The lowest BCUT2D eigenvalue weighted by atomic mass is 10.1. The van der Waals surface area contributed by atoms with Crippen molar-refractivity contribution < 1.29 is 4.74 Å². The molecule has 5 heteroatoms. The highest BCUT2D eigenvalue weighted by Crippen LogP contribution is 2.27. The number of thiophene rings is 1. The molecule has 1 aromatic carbocycles. The average Bonchev–Trinajstić information content (AvgIpc) is 3.18. The topological polar surface area (TPSA) is 15.7 Å². The van der Waals surface area contributed by atoms with Crippen molar-refractivity contribution in [2.45, 2.75) is 19.5 Å². The highest BCUT2D eigenvalue weighted by Gasteiger charge is 2.19. The molecule has 122 valence electrons. The molecule has 1 aromatic heterocycles. The quantitative estimate of drug-likeness (QED) is 0.787. The average molecular weight is 393 g/mol. The smallest absolute Gasteiger partial charge is 0.122 e. The second kappa shape index (κ2) is 6.93. The molecule has 1 fully saturated rings. The molecular formula is C18H21BrN2OS. The molecule has 0 radical (unpaired) electrons. The van der Waals surface area contributed by atoms with E-state index in [4.69, 9.17) is 4.74 Å². The van der Waals surface area contributed by atoms with Gasteiger partial charge in [0.25, 0.3) is 0 Å². The fourth-order valence-corrected chi connectivity index (χ4v) is 4.86. The Morgan fingerprint density at radius 3 is 2.57 bits per heavy atom. The lowest BCUT2D eigenvalue weighted by molar-refractivity contribution is 0.122. The first-order valence-electron chi connectivity index (χ1n) is 8.19. The number of piperazine rings is 1. The lowest BCUT2D eigenvalue weighted by Gasteiger charge is -2.34. The standard InChI is InChI=1S/C18H21BrN2OS/c19-16-4-10-23-18(16)13-21-7-5-20(6-8-21)12-14-1-2-17-15(11-14)3-9-22-17/h1-2,4,10-11H,3,5-9,12-13H2. The van der Waals surface area contributed by atoms with E-state index in [2.05, 4.69) is 55.4 Å². The third kappa shape index (κ3) is 3.63. The maximum Gasteiger partial charge on any atom is 0.122 e. The largest absolute Gasteiger partial charge is 0.493 e. The monoisotopic (exact) mass is 392 g/mol. The maximum absolute atomic E-state index is 5.59. The van der Waals surface area contributed by atoms with Crippen LogP contribution in [0.2, 0.25) is 0 Å². The maximum atomic E-state index is 5.59. The van der Waals surface area contributed by atoms with Gasteiger partial charge < -0.3 is 4.74 Å². The number of benzene rings is 1. The van der Waals surface area contributed by atoms with E-state index in [1.54, 1.807) is 0 Å². The second-order valence-electron chi connectivity index (χ2n) is 6.28. The van der Waals surface area contributed by atoms with Gasteiger partial charge in [0.15, 0.2) is 0 Å². The molecule has 2 aliphatic rings. The van der Waals surface area contributed by atoms with E-state index in [1.165, 1.54) is 20.5 Å². The van der Waals surface area contributed by atoms with E-state index in [0.717, 1.165) is 58.0 Å². The van der Waals surface area contributed by atoms with E-state index in [-0.39, 0.29) is 0 Å². The summed E-state index contributed by atoms with van der Waals surface area (Å²) in [6, 6.07) is 8.84. The highest BCUT2D eigenvalue weighted by atomic mass is 79.9. The van der Waals surface area contributed by atoms with Crippen LogP contribution in [0.3, 0.4) is 0 Å². The van der Waals surface area contributed by atoms with Gasteiger partial charge in [0.1, 0.15) is 5.75 Å². The Morgan fingerprint density at radius 1 is 1.04 bits per heavy atom. The molecule has 0 unspecified atom stereocenters. The van der Waals surface area contributed by atoms with Crippen LogP contribution in [-0.4, -0.2) is 42.6 Å². The summed E-state index contributed by atoms with van der Waals surface area (Å²) in [4.78, 5) is 6.57. The van der Waals surface area contributed by atoms with Gasteiger partial charge >= 0.3 is 0 Å². The molecule has 2 aliphatic heterocycles. The first-order chi connectivity index (χ1) is 11.3. The number of halogens is 1. The Morgan fingerprint density at radius 2 is 1.83 bits per heavy atom. The number of rotatable bonds is 4. The zero-order chi connectivity index (χ0) is 15.6. The van der Waals surface area contributed by atoms with Gasteiger partial charge in [0.05, 0.1) is 6.61 Å². The Bertz CT molecular complexity index is 679. The van der Waals surface area contributed by atoms with E-state index in [0.29, 0.717) is 0 Å². The first kappa shape index (κ1) is 15.6. The second-order valence-corrected chi connectivity index (χ2v) is 8.14. The summed E-state index contributed by atoms with van der Waals surface area (Å²) in [6.07, 6.45) is 1.06. The van der Waals surface area contributed by atoms with Gasteiger partial charge in [-0.2, -0.15) is 0 Å². The zero-order valence-corrected chi connectivity index (χ0v) is 15.5. The van der Waals surface area contributed by atoms with Crippen molar-refractivity contribution in [2.75, 3.05) is 32.8 Å². The Kier molecular flexibility index (Phi) is 4.71. The van der Waals surface area contributed by atoms with E-state index < -0.39 is 0 Å². The van der Waals surface area contributed by atoms with Crippen LogP contribution >= 0.6 is 27.3 Å². The number of hydrogen-bond donors (Lipinski definition) is 0. The Labute approximate surface area is 150 Å². The number of fused-ring (bicyclic) bond motifs is 1. The predicted octanol–water partition coefficient (Wildman–Crippen LogP) is 3.76. The van der Waals surface area contributed by atoms with Crippen LogP contribution in [0.25, 0.3) is 0 Å². The Balaban J connectivity index is 1.30. The van der Waals surface area contributed by atoms with Crippen LogP contribution in [0, 0.1) is 0 Å². The third-order valence-corrected chi connectivity index (χ3v) is 6.59. The molecule has 0 bridgehead atoms. The molecule has 0 amide bonds. The van der Waals surface area contributed by atoms with E-state index in [9.17, 15) is 0 Å². The molecule has 1 saturated heterocycles. The van der Waals surface area contributed by atoms with Gasteiger partial charge in [-0.1, -0.05) is 12.1 Å². The summed E-state index contributed by atoms with van der Waals surface area (Å²) in [5.41, 5.74) is 2.80. The summed E-state index contributed by atoms with van der Waals surface area (Å²) in [5, 5.41) is 2.16. The van der Waals surface area contributed by atoms with Gasteiger partial charge in [-0.05, 0) is 44.6 Å². The van der Waals surface area contributed by atoms with Gasteiger partial charge in [0.2, 0.25) is 0 Å². The SMILES string of the molecule is Brc1ccsc1CN1CCN(Cc2ccc3c(c2)CCO3)CC1. The zero-order valence-electron chi connectivity index (χ0n) is 13.1. The van der Waals surface area contributed by atoms with Gasteiger partial charge in [0, 0.05) is 55.0 Å². The van der Waals surface area contributed by atoms with Crippen LogP contribution in [0.4, 0.5) is 0 Å². The third-order valence-electron chi connectivity index (χ3n) is 4.68. The van der Waals surface area contributed by atoms with Gasteiger partial charge in [-0.3, -0.25) is 9.80 Å². The minimum atomic E-state index is 0.843. The van der Waals surface area contributed by atoms with E-state index >= 15 is 0 Å². The van der Waals surface area contributed by atoms with Crippen LogP contribution in [0.5, 0.6) is 5.75 Å². The lowest BCUT2D eigenvalue weighted by Crippen LogP contribution is -2.45. The summed E-state index contributed by atoms with van der Waals surface area (Å²) in [5.74, 6) is 1.08. The van der Waals surface area contributed by atoms with E-state index in [1.807, 2.05) is 11.3 Å². The predicted molar refractivity (Wildman–Crippen MR) is 98.2 cm³/mol. The van der Waals surface area contributed by atoms with Crippen molar-refractivity contribution in [1.82, 2.24) is 9.80 Å². The van der Waals surface area contributed by atoms with Crippen LogP contribution in [0.15, 0.2) is 34.1 Å². The van der Waals surface area contributed by atoms with Crippen molar-refractivity contribution in [3.63, 3.8) is 0 Å². The number of hydrogen-bond acceptors (Lipinski definition) is 4. The molecule has 0 spiro atoms. The highest BCUT2D eigenvalue weighted by molar-refractivity contribution is 9.10. The molecule has 0 aliphatic carbocycles. The van der Waals surface area contributed by atoms with Gasteiger partial charge in [-0.15, -0.1) is 11.3 Å². The van der Waals surface area contributed by atoms with Gasteiger partial charge in [-0.25, -0.2) is 0 Å². The van der Waals surface area contributed by atoms with Crippen molar-refractivity contribution in [3.05, 3.63) is 50.1 Å². The van der Waals surface area contributed by atoms with Crippen molar-refractivity contribution in [3.8, 4) is 5.75 Å². The van der Waals surface area contributed by atoms with Crippen molar-refractivity contribution in [1.29, 1.82) is 0 Å². The van der Waals surface area contributed by atoms with Crippen LogP contribution in [-0.2, 0) is 19.5 Å². The fourth-order valence-electron chi connectivity index (χ4n) is 3.34. The minimum Gasteiger partial charge on any atom is -0.493 e. The fraction of sp³-hybridized carbons (Fsp3) is 0.444. The summed E-state index contributed by atoms with van der Waals surface area (Å²) in [7, 11) is 0. The minimum absolute atomic E-state index is 0.843. The van der Waals surface area contributed by atoms with Crippen LogP contribution in [0.1, 0.15) is 16.0 Å². The summed E-state index contributed by atoms with van der Waals surface area (Å²) < 4.78 is 6.85. The molecule has 0 N–H and O–H groups in total. The molecule has 4 rings (SSSR count). The van der Waals surface area contributed by atoms with Crippen molar-refractivity contribution in [2.24, 2.45) is 0 Å². The molecule has 0 saturated carbocycles. The molecule has 0 atom stereocenters. The first-order valence-corrected chi connectivity index (χ1v) is 9.86. The molecule has 3 heterocycles. The molecule has 2 aromatic rings. The Hall–Kier alpha value is -0.880. The molecule has 3 nitrogen and oxygen atoms in total. The number of ether oxygens (including phenoxy) is 1. The molecule has 23 heavy (non-hydrogen) atoms. The van der Waals surface area contributed by atoms with Crippen molar-refractivity contribution >= 4 is 27.3 Å². The molecular weight excluding hydrogens is 372 g/mol. The summed E-state index contributed by atoms with van der Waals surface area (Å²) in [6.45, 7) is 7.58. The normalized spacial score (nSPS) is 18.8. The number of nitrogens with zero attached hydrogens (tertiary/aromatic N) is 2. The summed E-state index contributed by atoms with van der Waals surface area (Å²) >= 11 is 5.48.